The molecular formula is C13H12N2O3. The van der Waals surface area contributed by atoms with E-state index >= 15 is 0 Å². The smallest absolute Gasteiger partial charge is 0.341 e. The molecule has 5 heteroatoms. The van der Waals surface area contributed by atoms with Crippen LogP contribution in [0.25, 0.3) is 11.4 Å². The van der Waals surface area contributed by atoms with Crippen LogP contribution < -0.4 is 4.74 Å². The highest BCUT2D eigenvalue weighted by Crippen LogP contribution is 2.26. The van der Waals surface area contributed by atoms with Gasteiger partial charge in [0, 0.05) is 12.4 Å². The summed E-state index contributed by atoms with van der Waals surface area (Å²) in [6.07, 6.45) is 2.86. The normalized spacial score (nSPS) is 9.89. The number of hydrogen-bond acceptors (Lipinski definition) is 5. The van der Waals surface area contributed by atoms with E-state index in [0.29, 0.717) is 17.1 Å². The summed E-state index contributed by atoms with van der Waals surface area (Å²) in [5, 5.41) is 0. The molecule has 0 aliphatic carbocycles. The Bertz CT molecular complexity index is 552. The van der Waals surface area contributed by atoms with Crippen molar-refractivity contribution in [2.75, 3.05) is 14.2 Å². The Kier molecular flexibility index (Phi) is 3.52. The Morgan fingerprint density at radius 3 is 2.39 bits per heavy atom. The summed E-state index contributed by atoms with van der Waals surface area (Å²) in [6.45, 7) is 0. The fourth-order valence-electron chi connectivity index (χ4n) is 1.52. The first-order valence-electron chi connectivity index (χ1n) is 5.30. The maximum Gasteiger partial charge on any atom is 0.341 e. The second kappa shape index (κ2) is 5.27. The van der Waals surface area contributed by atoms with Crippen LogP contribution in [0.4, 0.5) is 0 Å². The van der Waals surface area contributed by atoms with Gasteiger partial charge in [0.2, 0.25) is 0 Å². The van der Waals surface area contributed by atoms with Crippen molar-refractivity contribution in [1.82, 2.24) is 9.97 Å². The van der Waals surface area contributed by atoms with Gasteiger partial charge in [-0.3, -0.25) is 0 Å². The highest BCUT2D eigenvalue weighted by molar-refractivity contribution is 5.88. The minimum Gasteiger partial charge on any atom is -0.496 e. The Morgan fingerprint density at radius 2 is 1.78 bits per heavy atom. The molecule has 0 aliphatic heterocycles. The Balaban J connectivity index is 2.37. The third kappa shape index (κ3) is 2.29. The molecule has 0 spiro atoms. The molecule has 2 aromatic rings. The van der Waals surface area contributed by atoms with Gasteiger partial charge in [-0.1, -0.05) is 12.1 Å². The van der Waals surface area contributed by atoms with Crippen LogP contribution in [0, 0.1) is 0 Å². The molecule has 1 aromatic carbocycles. The van der Waals surface area contributed by atoms with E-state index in [1.165, 1.54) is 19.5 Å². The lowest BCUT2D eigenvalue weighted by Crippen LogP contribution is -2.03. The van der Waals surface area contributed by atoms with Crippen molar-refractivity contribution in [1.29, 1.82) is 0 Å². The number of aromatic nitrogens is 2. The molecule has 0 saturated heterocycles. The highest BCUT2D eigenvalue weighted by Gasteiger charge is 2.10. The Morgan fingerprint density at radius 1 is 1.11 bits per heavy atom. The van der Waals surface area contributed by atoms with Crippen molar-refractivity contribution in [2.24, 2.45) is 0 Å². The van der Waals surface area contributed by atoms with Crippen molar-refractivity contribution in [3.63, 3.8) is 0 Å². The summed E-state index contributed by atoms with van der Waals surface area (Å²) in [5.41, 5.74) is 1.09. The lowest BCUT2D eigenvalue weighted by atomic mass is 10.2. The molecule has 0 unspecified atom stereocenters. The minimum absolute atomic E-state index is 0.316. The van der Waals surface area contributed by atoms with E-state index in [1.54, 1.807) is 7.11 Å². The van der Waals surface area contributed by atoms with Gasteiger partial charge in [-0.05, 0) is 12.1 Å². The predicted molar refractivity (Wildman–Crippen MR) is 65.4 cm³/mol. The van der Waals surface area contributed by atoms with Crippen LogP contribution in [-0.2, 0) is 4.74 Å². The van der Waals surface area contributed by atoms with Crippen molar-refractivity contribution >= 4 is 5.97 Å². The molecule has 0 radical (unpaired) electrons. The van der Waals surface area contributed by atoms with Gasteiger partial charge in [0.05, 0.1) is 25.3 Å². The zero-order valence-electron chi connectivity index (χ0n) is 10.1. The van der Waals surface area contributed by atoms with Crippen LogP contribution in [-0.4, -0.2) is 30.2 Å². The van der Waals surface area contributed by atoms with Crippen LogP contribution in [0.2, 0.25) is 0 Å². The van der Waals surface area contributed by atoms with Crippen LogP contribution in [0.15, 0.2) is 36.7 Å². The average molecular weight is 244 g/mol. The quantitative estimate of drug-likeness (QED) is 0.772. The van der Waals surface area contributed by atoms with Gasteiger partial charge in [-0.2, -0.15) is 0 Å². The third-order valence-corrected chi connectivity index (χ3v) is 2.42. The first-order valence-corrected chi connectivity index (χ1v) is 5.30. The number of carbonyl (C=O) groups is 1. The zero-order chi connectivity index (χ0) is 13.0. The van der Waals surface area contributed by atoms with Gasteiger partial charge in [-0.15, -0.1) is 0 Å². The second-order valence-electron chi connectivity index (χ2n) is 3.49. The third-order valence-electron chi connectivity index (χ3n) is 2.42. The summed E-state index contributed by atoms with van der Waals surface area (Å²) in [5.74, 6) is 0.727. The molecule has 0 saturated carbocycles. The first-order chi connectivity index (χ1) is 8.76. The summed E-state index contributed by atoms with van der Waals surface area (Å²) < 4.78 is 9.81. The lowest BCUT2D eigenvalue weighted by Gasteiger charge is -2.06. The molecule has 0 amide bonds. The van der Waals surface area contributed by atoms with Crippen LogP contribution in [0.3, 0.4) is 0 Å². The Labute approximate surface area is 104 Å². The number of esters is 1. The SMILES string of the molecule is COC(=O)c1cnc(-c2ccccc2OC)nc1. The summed E-state index contributed by atoms with van der Waals surface area (Å²) in [4.78, 5) is 19.5. The standard InChI is InChI=1S/C13H12N2O3/c1-17-11-6-4-3-5-10(11)12-14-7-9(8-15-12)13(16)18-2/h3-8H,1-2H3. The molecular weight excluding hydrogens is 232 g/mol. The van der Waals surface area contributed by atoms with Crippen LogP contribution in [0.5, 0.6) is 5.75 Å². The Hall–Kier alpha value is -2.43. The topological polar surface area (TPSA) is 61.3 Å². The number of ether oxygens (including phenoxy) is 2. The minimum atomic E-state index is -0.457. The van der Waals surface area contributed by atoms with E-state index < -0.39 is 5.97 Å². The molecule has 18 heavy (non-hydrogen) atoms. The second-order valence-corrected chi connectivity index (χ2v) is 3.49. The van der Waals surface area contributed by atoms with Gasteiger partial charge in [0.15, 0.2) is 5.82 Å². The highest BCUT2D eigenvalue weighted by atomic mass is 16.5. The molecule has 0 bridgehead atoms. The molecule has 1 heterocycles. The average Bonchev–Trinajstić information content (AvgIpc) is 2.46. The number of hydrogen-bond donors (Lipinski definition) is 0. The van der Waals surface area contributed by atoms with Crippen molar-refractivity contribution in [2.45, 2.75) is 0 Å². The molecule has 0 N–H and O–H groups in total. The number of para-hydroxylation sites is 1. The first kappa shape index (κ1) is 12.0. The molecule has 2 rings (SSSR count). The van der Waals surface area contributed by atoms with E-state index in [0.717, 1.165) is 5.56 Å². The number of methoxy groups -OCH3 is 2. The van der Waals surface area contributed by atoms with Crippen molar-refractivity contribution in [3.8, 4) is 17.1 Å². The molecule has 0 fully saturated rings. The van der Waals surface area contributed by atoms with E-state index in [1.807, 2.05) is 24.3 Å². The summed E-state index contributed by atoms with van der Waals surface area (Å²) in [6, 6.07) is 7.42. The van der Waals surface area contributed by atoms with Crippen LogP contribution in [0.1, 0.15) is 10.4 Å². The molecule has 0 atom stereocenters. The fraction of sp³-hybridized carbons (Fsp3) is 0.154. The van der Waals surface area contributed by atoms with Gasteiger partial charge in [0.1, 0.15) is 5.75 Å². The fourth-order valence-corrected chi connectivity index (χ4v) is 1.52. The number of rotatable bonds is 3. The maximum absolute atomic E-state index is 11.3. The molecule has 92 valence electrons. The maximum atomic E-state index is 11.3. The van der Waals surface area contributed by atoms with E-state index in [-0.39, 0.29) is 0 Å². The van der Waals surface area contributed by atoms with Crippen molar-refractivity contribution < 1.29 is 14.3 Å². The van der Waals surface area contributed by atoms with Gasteiger partial charge >= 0.3 is 5.97 Å². The van der Waals surface area contributed by atoms with E-state index in [4.69, 9.17) is 4.74 Å². The van der Waals surface area contributed by atoms with Gasteiger partial charge < -0.3 is 9.47 Å². The number of carbonyl (C=O) groups excluding carboxylic acids is 1. The van der Waals surface area contributed by atoms with Gasteiger partial charge in [-0.25, -0.2) is 14.8 Å². The molecule has 0 aliphatic rings. The predicted octanol–water partition coefficient (Wildman–Crippen LogP) is 1.94. The van der Waals surface area contributed by atoms with Crippen molar-refractivity contribution in [3.05, 3.63) is 42.2 Å². The zero-order valence-corrected chi connectivity index (χ0v) is 10.1. The van der Waals surface area contributed by atoms with Crippen LogP contribution >= 0.6 is 0 Å². The summed E-state index contributed by atoms with van der Waals surface area (Å²) in [7, 11) is 2.90. The number of benzene rings is 1. The largest absolute Gasteiger partial charge is 0.496 e. The van der Waals surface area contributed by atoms with E-state index in [9.17, 15) is 4.79 Å². The lowest BCUT2D eigenvalue weighted by molar-refractivity contribution is 0.0600. The number of nitrogens with zero attached hydrogens (tertiary/aromatic N) is 2. The molecule has 5 nitrogen and oxygen atoms in total. The summed E-state index contributed by atoms with van der Waals surface area (Å²) >= 11 is 0. The monoisotopic (exact) mass is 244 g/mol. The molecule has 1 aromatic heterocycles. The van der Waals surface area contributed by atoms with E-state index in [2.05, 4.69) is 14.7 Å². The van der Waals surface area contributed by atoms with Gasteiger partial charge in [0.25, 0.3) is 0 Å².